The van der Waals surface area contributed by atoms with E-state index in [1.54, 1.807) is 23.2 Å². The second-order valence-corrected chi connectivity index (χ2v) is 13.1. The molecule has 188 valence electrons. The molecule has 9 nitrogen and oxygen atoms in total. The molecule has 7 rings (SSSR count). The molecule has 0 atom stereocenters. The fourth-order valence-electron chi connectivity index (χ4n) is 7.66. The van der Waals surface area contributed by atoms with Crippen LogP contribution in [-0.2, 0) is 19.6 Å². The number of aromatic amines is 1. The number of aromatic nitrogens is 2. The number of piperazine rings is 1. The van der Waals surface area contributed by atoms with E-state index in [0.717, 1.165) is 17.8 Å². The number of rotatable bonds is 6. The molecular weight excluding hydrogens is 466 g/mol. The van der Waals surface area contributed by atoms with E-state index in [0.29, 0.717) is 30.5 Å². The molecule has 4 aliphatic carbocycles. The Balaban J connectivity index is 1.01. The van der Waals surface area contributed by atoms with Gasteiger partial charge in [-0.3, -0.25) is 9.59 Å². The third-order valence-electron chi connectivity index (χ3n) is 8.76. The molecule has 0 unspecified atom stereocenters. The van der Waals surface area contributed by atoms with Gasteiger partial charge in [0.2, 0.25) is 21.8 Å². The zero-order valence-corrected chi connectivity index (χ0v) is 20.7. The van der Waals surface area contributed by atoms with Crippen molar-refractivity contribution < 1.29 is 18.0 Å². The monoisotopic (exact) mass is 499 g/mol. The van der Waals surface area contributed by atoms with Crippen molar-refractivity contribution in [2.24, 2.45) is 23.2 Å². The summed E-state index contributed by atoms with van der Waals surface area (Å²) in [6, 6.07) is 3.45. The van der Waals surface area contributed by atoms with Gasteiger partial charge in [0.1, 0.15) is 10.5 Å². The highest BCUT2D eigenvalue weighted by Crippen LogP contribution is 2.61. The van der Waals surface area contributed by atoms with Gasteiger partial charge < -0.3 is 15.2 Å². The number of nitrogens with zero attached hydrogens (tertiary/aromatic N) is 3. The number of hydrogen-bond donors (Lipinski definition) is 2. The van der Waals surface area contributed by atoms with E-state index in [1.165, 1.54) is 49.0 Å². The molecule has 4 saturated carbocycles. The first-order chi connectivity index (χ1) is 16.8. The van der Waals surface area contributed by atoms with Crippen LogP contribution in [-0.4, -0.2) is 72.1 Å². The van der Waals surface area contributed by atoms with Crippen molar-refractivity contribution in [2.45, 2.75) is 49.8 Å². The van der Waals surface area contributed by atoms with Crippen LogP contribution in [0.3, 0.4) is 0 Å². The summed E-state index contributed by atoms with van der Waals surface area (Å²) in [5.74, 6) is 2.21. The van der Waals surface area contributed by atoms with Crippen molar-refractivity contribution >= 4 is 32.9 Å². The van der Waals surface area contributed by atoms with E-state index >= 15 is 0 Å². The maximum absolute atomic E-state index is 13.2. The third kappa shape index (κ3) is 4.24. The number of fused-ring (bicyclic) bond motifs is 1. The standard InChI is InChI=1S/C25H33N5O4S/c31-22(14-25-11-17-8-18(12-25)10-19(9-17)13-25)27-16-23(32)29-4-6-30(7-5-29)35(33,34)21-15-28-24-20(21)2-1-3-26-24/h1-3,15,17-19H,4-14,16H2,(H,26,28)(H,27,31). The first-order valence-corrected chi connectivity index (χ1v) is 14.2. The van der Waals surface area contributed by atoms with Crippen molar-refractivity contribution in [2.75, 3.05) is 32.7 Å². The molecule has 5 aliphatic rings. The quantitative estimate of drug-likeness (QED) is 0.632. The van der Waals surface area contributed by atoms with Gasteiger partial charge in [-0.15, -0.1) is 0 Å². The highest BCUT2D eigenvalue weighted by atomic mass is 32.2. The van der Waals surface area contributed by atoms with Crippen molar-refractivity contribution in [3.8, 4) is 0 Å². The van der Waals surface area contributed by atoms with Gasteiger partial charge in [0, 0.05) is 50.4 Å². The lowest BCUT2D eigenvalue weighted by atomic mass is 9.49. The van der Waals surface area contributed by atoms with Gasteiger partial charge in [-0.2, -0.15) is 4.31 Å². The number of carbonyl (C=O) groups is 2. The number of nitrogens with one attached hydrogen (secondary N) is 2. The number of carbonyl (C=O) groups excluding carboxylic acids is 2. The summed E-state index contributed by atoms with van der Waals surface area (Å²) in [6.45, 7) is 1.05. The van der Waals surface area contributed by atoms with Gasteiger partial charge in [-0.1, -0.05) is 0 Å². The van der Waals surface area contributed by atoms with Crippen LogP contribution >= 0.6 is 0 Å². The molecule has 3 heterocycles. The molecule has 2 aromatic heterocycles. The first-order valence-electron chi connectivity index (χ1n) is 12.8. The van der Waals surface area contributed by atoms with E-state index in [9.17, 15) is 18.0 Å². The topological polar surface area (TPSA) is 115 Å². The Morgan fingerprint density at radius 1 is 1.06 bits per heavy atom. The van der Waals surface area contributed by atoms with Crippen LogP contribution < -0.4 is 5.32 Å². The molecule has 4 bridgehead atoms. The summed E-state index contributed by atoms with van der Waals surface area (Å²) < 4.78 is 27.8. The van der Waals surface area contributed by atoms with Crippen LogP contribution in [0, 0.1) is 23.2 Å². The molecular formula is C25H33N5O4S. The number of H-pyrrole nitrogens is 1. The van der Waals surface area contributed by atoms with Gasteiger partial charge in [0.25, 0.3) is 0 Å². The molecule has 0 aromatic carbocycles. The summed E-state index contributed by atoms with van der Waals surface area (Å²) in [7, 11) is -3.69. The number of amides is 2. The molecule has 2 N–H and O–H groups in total. The first kappa shape index (κ1) is 23.0. The van der Waals surface area contributed by atoms with Gasteiger partial charge >= 0.3 is 0 Å². The minimum absolute atomic E-state index is 0.0190. The van der Waals surface area contributed by atoms with Gasteiger partial charge in [-0.05, 0) is 73.8 Å². The second kappa shape index (κ2) is 8.58. The summed E-state index contributed by atoms with van der Waals surface area (Å²) in [4.78, 5) is 34.4. The molecule has 10 heteroatoms. The molecule has 5 fully saturated rings. The Kier molecular flexibility index (Phi) is 5.63. The van der Waals surface area contributed by atoms with Crippen molar-refractivity contribution in [3.63, 3.8) is 0 Å². The zero-order valence-electron chi connectivity index (χ0n) is 19.9. The van der Waals surface area contributed by atoms with Gasteiger partial charge in [0.15, 0.2) is 0 Å². The number of hydrogen-bond acceptors (Lipinski definition) is 5. The molecule has 1 aliphatic heterocycles. The van der Waals surface area contributed by atoms with Crippen molar-refractivity contribution in [1.82, 2.24) is 24.5 Å². The predicted molar refractivity (Wildman–Crippen MR) is 130 cm³/mol. The average molecular weight is 500 g/mol. The fraction of sp³-hybridized carbons (Fsp3) is 0.640. The minimum Gasteiger partial charge on any atom is -0.347 e. The third-order valence-corrected chi connectivity index (χ3v) is 10.7. The van der Waals surface area contributed by atoms with Crippen LogP contribution in [0.25, 0.3) is 11.0 Å². The zero-order chi connectivity index (χ0) is 24.2. The van der Waals surface area contributed by atoms with Gasteiger partial charge in [0.05, 0.1) is 6.54 Å². The molecule has 1 saturated heterocycles. The maximum Gasteiger partial charge on any atom is 0.245 e. The molecule has 2 amide bonds. The Morgan fingerprint density at radius 3 is 2.37 bits per heavy atom. The highest BCUT2D eigenvalue weighted by molar-refractivity contribution is 7.89. The molecule has 2 aromatic rings. The predicted octanol–water partition coefficient (Wildman–Crippen LogP) is 2.12. The van der Waals surface area contributed by atoms with E-state index < -0.39 is 10.0 Å². The largest absolute Gasteiger partial charge is 0.347 e. The van der Waals surface area contributed by atoms with E-state index in [-0.39, 0.29) is 41.8 Å². The van der Waals surface area contributed by atoms with Gasteiger partial charge in [-0.25, -0.2) is 13.4 Å². The van der Waals surface area contributed by atoms with Crippen LogP contribution in [0.5, 0.6) is 0 Å². The van der Waals surface area contributed by atoms with E-state index in [1.807, 2.05) is 0 Å². The molecule has 0 radical (unpaired) electrons. The number of pyridine rings is 1. The Morgan fingerprint density at radius 2 is 1.71 bits per heavy atom. The average Bonchev–Trinajstić information content (AvgIpc) is 3.26. The molecule has 35 heavy (non-hydrogen) atoms. The normalized spacial score (nSPS) is 30.6. The minimum atomic E-state index is -3.69. The summed E-state index contributed by atoms with van der Waals surface area (Å²) in [5.41, 5.74) is 0.684. The van der Waals surface area contributed by atoms with Crippen LogP contribution in [0.2, 0.25) is 0 Å². The Hall–Kier alpha value is -2.46. The lowest BCUT2D eigenvalue weighted by molar-refractivity contribution is -0.136. The van der Waals surface area contributed by atoms with E-state index in [2.05, 4.69) is 15.3 Å². The van der Waals surface area contributed by atoms with Crippen LogP contribution in [0.4, 0.5) is 0 Å². The van der Waals surface area contributed by atoms with E-state index in [4.69, 9.17) is 0 Å². The summed E-state index contributed by atoms with van der Waals surface area (Å²) in [6.07, 6.45) is 11.2. The number of sulfonamides is 1. The SMILES string of the molecule is O=C(CC12CC3CC(CC(C3)C1)C2)NCC(=O)N1CCN(S(=O)(=O)c2c[nH]c3ncccc23)CC1. The second-order valence-electron chi connectivity index (χ2n) is 11.2. The maximum atomic E-state index is 13.2. The van der Waals surface area contributed by atoms with Crippen molar-refractivity contribution in [1.29, 1.82) is 0 Å². The van der Waals surface area contributed by atoms with Crippen LogP contribution in [0.1, 0.15) is 44.9 Å². The van der Waals surface area contributed by atoms with Crippen LogP contribution in [0.15, 0.2) is 29.4 Å². The highest BCUT2D eigenvalue weighted by Gasteiger charge is 2.51. The summed E-state index contributed by atoms with van der Waals surface area (Å²) in [5, 5.41) is 3.43. The smallest absolute Gasteiger partial charge is 0.245 e. The summed E-state index contributed by atoms with van der Waals surface area (Å²) >= 11 is 0. The fourth-order valence-corrected chi connectivity index (χ4v) is 9.23. The molecule has 0 spiro atoms. The lowest BCUT2D eigenvalue weighted by Gasteiger charge is -2.56. The van der Waals surface area contributed by atoms with Crippen molar-refractivity contribution in [3.05, 3.63) is 24.5 Å². The Bertz CT molecular complexity index is 1210. The lowest BCUT2D eigenvalue weighted by Crippen LogP contribution is -2.53. The Labute approximate surface area is 205 Å².